The van der Waals surface area contributed by atoms with Gasteiger partial charge in [-0.1, -0.05) is 12.7 Å². The molecule has 1 saturated heterocycles. The minimum absolute atomic E-state index is 0.0879. The molecule has 2 atom stereocenters. The van der Waals surface area contributed by atoms with Crippen molar-refractivity contribution < 1.29 is 14.3 Å². The lowest BCUT2D eigenvalue weighted by molar-refractivity contribution is -0.137. The Balaban J connectivity index is 2.09. The lowest BCUT2D eigenvalue weighted by atomic mass is 9.66. The highest BCUT2D eigenvalue weighted by Crippen LogP contribution is 2.48. The zero-order chi connectivity index (χ0) is 13.1. The normalized spacial score (nSPS) is 33.3. The van der Waals surface area contributed by atoms with Crippen LogP contribution in [0.3, 0.4) is 0 Å². The van der Waals surface area contributed by atoms with Gasteiger partial charge in [-0.05, 0) is 43.9 Å². The molecule has 0 unspecified atom stereocenters. The number of hydrogen-bond donors (Lipinski definition) is 0. The number of carbonyl (C=O) groups excluding carboxylic acids is 2. The van der Waals surface area contributed by atoms with E-state index in [-0.39, 0.29) is 23.8 Å². The summed E-state index contributed by atoms with van der Waals surface area (Å²) in [6, 6.07) is 0. The molecule has 3 rings (SSSR count). The molecule has 1 fully saturated rings. The molecule has 2 aliphatic carbocycles. The van der Waals surface area contributed by atoms with Crippen molar-refractivity contribution in [1.29, 1.82) is 0 Å². The van der Waals surface area contributed by atoms with Gasteiger partial charge in [0.25, 0.3) is 0 Å². The number of rotatable bonds is 0. The van der Waals surface area contributed by atoms with Gasteiger partial charge in [-0.2, -0.15) is 0 Å². The topological polar surface area (TPSA) is 43.4 Å². The highest BCUT2D eigenvalue weighted by Gasteiger charge is 2.47. The highest BCUT2D eigenvalue weighted by atomic mass is 16.6. The van der Waals surface area contributed by atoms with E-state index in [0.29, 0.717) is 5.57 Å². The van der Waals surface area contributed by atoms with Crippen LogP contribution in [-0.4, -0.2) is 17.9 Å². The van der Waals surface area contributed by atoms with Crippen LogP contribution in [0.15, 0.2) is 35.5 Å². The van der Waals surface area contributed by atoms with Gasteiger partial charge in [-0.15, -0.1) is 0 Å². The Hall–Kier alpha value is -1.64. The van der Waals surface area contributed by atoms with E-state index in [1.807, 2.05) is 19.9 Å². The second kappa shape index (κ2) is 3.44. The van der Waals surface area contributed by atoms with Crippen LogP contribution < -0.4 is 0 Å². The van der Waals surface area contributed by atoms with Crippen molar-refractivity contribution in [3.8, 4) is 0 Å². The van der Waals surface area contributed by atoms with Crippen molar-refractivity contribution in [2.45, 2.75) is 32.8 Å². The largest absolute Gasteiger partial charge is 0.453 e. The Kier molecular flexibility index (Phi) is 2.19. The molecule has 0 bridgehead atoms. The van der Waals surface area contributed by atoms with E-state index in [2.05, 4.69) is 6.58 Å². The number of hydrogen-bond acceptors (Lipinski definition) is 3. The molecule has 3 nitrogen and oxygen atoms in total. The van der Waals surface area contributed by atoms with Crippen LogP contribution in [0.5, 0.6) is 0 Å². The van der Waals surface area contributed by atoms with Crippen LogP contribution in [0.4, 0.5) is 0 Å². The molecule has 1 heterocycles. The predicted molar refractivity (Wildman–Crippen MR) is 66.7 cm³/mol. The number of allylic oxidation sites excluding steroid dienone is 2. The summed E-state index contributed by atoms with van der Waals surface area (Å²) in [5.41, 5.74) is 2.25. The molecule has 0 aromatic carbocycles. The summed E-state index contributed by atoms with van der Waals surface area (Å²) >= 11 is 0. The Labute approximate surface area is 106 Å². The fourth-order valence-corrected chi connectivity index (χ4v) is 3.22. The third-order valence-corrected chi connectivity index (χ3v) is 4.45. The molecule has 1 aliphatic heterocycles. The third-order valence-electron chi connectivity index (χ3n) is 4.45. The molecule has 0 amide bonds. The second-order valence-corrected chi connectivity index (χ2v) is 5.75. The van der Waals surface area contributed by atoms with Gasteiger partial charge < -0.3 is 4.74 Å². The fraction of sp³-hybridized carbons (Fsp3) is 0.467. The van der Waals surface area contributed by atoms with Gasteiger partial charge in [0.15, 0.2) is 5.78 Å². The Morgan fingerprint density at radius 3 is 2.78 bits per heavy atom. The van der Waals surface area contributed by atoms with Crippen molar-refractivity contribution in [2.24, 2.45) is 11.3 Å². The summed E-state index contributed by atoms with van der Waals surface area (Å²) in [7, 11) is 0. The monoisotopic (exact) mass is 244 g/mol. The maximum absolute atomic E-state index is 11.9. The molecule has 0 aromatic rings. The first-order valence-corrected chi connectivity index (χ1v) is 6.28. The fourth-order valence-electron chi connectivity index (χ4n) is 3.22. The summed E-state index contributed by atoms with van der Waals surface area (Å²) in [6.45, 7) is 7.71. The van der Waals surface area contributed by atoms with Crippen LogP contribution in [0.25, 0.3) is 0 Å². The average molecular weight is 244 g/mol. The summed E-state index contributed by atoms with van der Waals surface area (Å²) in [5, 5.41) is 0. The van der Waals surface area contributed by atoms with Gasteiger partial charge in [-0.3, -0.25) is 4.79 Å². The summed E-state index contributed by atoms with van der Waals surface area (Å²) in [6.07, 6.45) is 4.90. The van der Waals surface area contributed by atoms with Crippen LogP contribution in [0.2, 0.25) is 0 Å². The van der Waals surface area contributed by atoms with E-state index in [1.54, 1.807) is 6.08 Å². The van der Waals surface area contributed by atoms with E-state index >= 15 is 0 Å². The highest BCUT2D eigenvalue weighted by molar-refractivity contribution is 5.99. The average Bonchev–Trinajstić information content (AvgIpc) is 2.61. The summed E-state index contributed by atoms with van der Waals surface area (Å²) in [5.74, 6) is -0.0744. The lowest BCUT2D eigenvalue weighted by Gasteiger charge is -2.37. The maximum Gasteiger partial charge on any atom is 0.334 e. The smallest absolute Gasteiger partial charge is 0.334 e. The number of fused-ring (bicyclic) bond motifs is 2. The van der Waals surface area contributed by atoms with Gasteiger partial charge in [0.1, 0.15) is 6.10 Å². The Bertz CT molecular complexity index is 534. The standard InChI is InChI=1S/C15H16O3/c1-8-9-4-6-11-10(13(9)18-14(8)17)5-7-12(16)15(11,2)3/h5,7,9,13H,1,4,6H2,2-3H3/t9-,13-/m0/s1. The number of ether oxygens (including phenoxy) is 1. The van der Waals surface area contributed by atoms with Gasteiger partial charge >= 0.3 is 5.97 Å². The molecule has 0 aromatic heterocycles. The minimum Gasteiger partial charge on any atom is -0.453 e. The maximum atomic E-state index is 11.9. The third kappa shape index (κ3) is 1.30. The lowest BCUT2D eigenvalue weighted by Crippen LogP contribution is -2.35. The molecular formula is C15H16O3. The van der Waals surface area contributed by atoms with E-state index in [9.17, 15) is 9.59 Å². The second-order valence-electron chi connectivity index (χ2n) is 5.75. The Morgan fingerprint density at radius 2 is 2.06 bits per heavy atom. The van der Waals surface area contributed by atoms with E-state index in [4.69, 9.17) is 4.74 Å². The number of esters is 1. The zero-order valence-electron chi connectivity index (χ0n) is 10.7. The number of carbonyl (C=O) groups is 2. The molecule has 0 saturated carbocycles. The van der Waals surface area contributed by atoms with Gasteiger partial charge in [0, 0.05) is 16.9 Å². The van der Waals surface area contributed by atoms with Crippen molar-refractivity contribution in [3.63, 3.8) is 0 Å². The quantitative estimate of drug-likeness (QED) is 0.485. The molecule has 94 valence electrons. The first-order valence-electron chi connectivity index (χ1n) is 6.28. The van der Waals surface area contributed by atoms with Crippen molar-refractivity contribution in [1.82, 2.24) is 0 Å². The van der Waals surface area contributed by atoms with Crippen molar-refractivity contribution >= 4 is 11.8 Å². The minimum atomic E-state index is -0.467. The zero-order valence-corrected chi connectivity index (χ0v) is 10.7. The summed E-state index contributed by atoms with van der Waals surface area (Å²) in [4.78, 5) is 23.6. The van der Waals surface area contributed by atoms with E-state index < -0.39 is 5.41 Å². The van der Waals surface area contributed by atoms with Gasteiger partial charge in [0.05, 0.1) is 0 Å². The SMILES string of the molecule is C=C1C(=O)O[C@@H]2C3=C(CC[C@@H]12)C(C)(C)C(=O)C=C3. The molecular weight excluding hydrogens is 228 g/mol. The molecule has 3 heteroatoms. The molecule has 18 heavy (non-hydrogen) atoms. The van der Waals surface area contributed by atoms with E-state index in [0.717, 1.165) is 24.0 Å². The van der Waals surface area contributed by atoms with Gasteiger partial charge in [-0.25, -0.2) is 4.79 Å². The number of ketones is 1. The van der Waals surface area contributed by atoms with Crippen LogP contribution in [-0.2, 0) is 14.3 Å². The summed E-state index contributed by atoms with van der Waals surface area (Å²) < 4.78 is 5.42. The molecule has 0 radical (unpaired) electrons. The van der Waals surface area contributed by atoms with E-state index in [1.165, 1.54) is 0 Å². The molecule has 3 aliphatic rings. The van der Waals surface area contributed by atoms with Gasteiger partial charge in [0.2, 0.25) is 0 Å². The first-order chi connectivity index (χ1) is 8.43. The first kappa shape index (κ1) is 11.5. The predicted octanol–water partition coefficient (Wildman–Crippen LogP) is 2.34. The molecule has 0 spiro atoms. The molecule has 0 N–H and O–H groups in total. The van der Waals surface area contributed by atoms with Crippen molar-refractivity contribution in [3.05, 3.63) is 35.5 Å². The van der Waals surface area contributed by atoms with Crippen LogP contribution in [0.1, 0.15) is 26.7 Å². The van der Waals surface area contributed by atoms with Crippen LogP contribution in [0, 0.1) is 11.3 Å². The van der Waals surface area contributed by atoms with Crippen molar-refractivity contribution in [2.75, 3.05) is 0 Å². The van der Waals surface area contributed by atoms with Crippen LogP contribution >= 0.6 is 0 Å². The Morgan fingerprint density at radius 1 is 1.33 bits per heavy atom.